The summed E-state index contributed by atoms with van der Waals surface area (Å²) in [6.45, 7) is 3.01. The van der Waals surface area contributed by atoms with Gasteiger partial charge in [0.05, 0.1) is 12.7 Å². The highest BCUT2D eigenvalue weighted by Crippen LogP contribution is 2.15. The number of carbonyl (C=O) groups excluding carboxylic acids is 1. The molecule has 15 heavy (non-hydrogen) atoms. The molecule has 1 N–H and O–H groups in total. The van der Waals surface area contributed by atoms with Crippen LogP contribution >= 0.6 is 0 Å². The predicted molar refractivity (Wildman–Crippen MR) is 61.2 cm³/mol. The average molecular weight is 207 g/mol. The van der Waals surface area contributed by atoms with Crippen LogP contribution in [0, 0.1) is 0 Å². The van der Waals surface area contributed by atoms with Gasteiger partial charge in [0.2, 0.25) is 0 Å². The Kier molecular flexibility index (Phi) is 4.68. The Morgan fingerprint density at radius 3 is 2.80 bits per heavy atom. The van der Waals surface area contributed by atoms with Gasteiger partial charge in [0.25, 0.3) is 0 Å². The molecule has 82 valence electrons. The molecule has 0 unspecified atom stereocenters. The van der Waals surface area contributed by atoms with Crippen LogP contribution in [0.4, 0.5) is 5.69 Å². The van der Waals surface area contributed by atoms with E-state index < -0.39 is 0 Å². The smallest absolute Gasteiger partial charge is 0.339 e. The van der Waals surface area contributed by atoms with Crippen LogP contribution in [0.1, 0.15) is 30.1 Å². The molecule has 0 bridgehead atoms. The fraction of sp³-hybridized carbons (Fsp3) is 0.417. The van der Waals surface area contributed by atoms with Gasteiger partial charge in [-0.1, -0.05) is 25.5 Å². The Bertz CT molecular complexity index is 323. The molecule has 0 spiro atoms. The van der Waals surface area contributed by atoms with Gasteiger partial charge in [-0.15, -0.1) is 0 Å². The van der Waals surface area contributed by atoms with Crippen molar-refractivity contribution in [3.63, 3.8) is 0 Å². The molecule has 0 aliphatic carbocycles. The van der Waals surface area contributed by atoms with Crippen molar-refractivity contribution in [2.45, 2.75) is 19.8 Å². The molecular weight excluding hydrogens is 190 g/mol. The van der Waals surface area contributed by atoms with E-state index in [1.165, 1.54) is 7.11 Å². The van der Waals surface area contributed by atoms with Crippen molar-refractivity contribution in [3.8, 4) is 0 Å². The van der Waals surface area contributed by atoms with E-state index in [1.54, 1.807) is 6.07 Å². The van der Waals surface area contributed by atoms with E-state index in [0.29, 0.717) is 5.56 Å². The summed E-state index contributed by atoms with van der Waals surface area (Å²) in [5.41, 5.74) is 1.44. The van der Waals surface area contributed by atoms with Crippen LogP contribution in [0.5, 0.6) is 0 Å². The number of methoxy groups -OCH3 is 1. The zero-order valence-electron chi connectivity index (χ0n) is 9.25. The quantitative estimate of drug-likeness (QED) is 0.596. The first-order valence-electron chi connectivity index (χ1n) is 5.20. The largest absolute Gasteiger partial charge is 0.465 e. The van der Waals surface area contributed by atoms with Gasteiger partial charge in [-0.05, 0) is 18.6 Å². The van der Waals surface area contributed by atoms with Crippen molar-refractivity contribution in [2.24, 2.45) is 0 Å². The first-order valence-corrected chi connectivity index (χ1v) is 5.20. The molecular formula is C12H17NO2. The van der Waals surface area contributed by atoms with Gasteiger partial charge >= 0.3 is 5.97 Å². The first kappa shape index (κ1) is 11.6. The molecule has 0 amide bonds. The van der Waals surface area contributed by atoms with Crippen LogP contribution in [-0.4, -0.2) is 19.6 Å². The van der Waals surface area contributed by atoms with Crippen molar-refractivity contribution in [1.82, 2.24) is 0 Å². The van der Waals surface area contributed by atoms with Crippen LogP contribution < -0.4 is 5.32 Å². The normalized spacial score (nSPS) is 9.73. The monoisotopic (exact) mass is 207 g/mol. The molecule has 3 heteroatoms. The average Bonchev–Trinajstić information content (AvgIpc) is 2.29. The molecule has 1 aromatic carbocycles. The molecule has 0 atom stereocenters. The lowest BCUT2D eigenvalue weighted by molar-refractivity contribution is 0.0602. The molecule has 0 radical (unpaired) electrons. The van der Waals surface area contributed by atoms with E-state index in [-0.39, 0.29) is 5.97 Å². The molecule has 0 heterocycles. The third-order valence-electron chi connectivity index (χ3n) is 2.18. The summed E-state index contributed by atoms with van der Waals surface area (Å²) in [6, 6.07) is 7.39. The van der Waals surface area contributed by atoms with E-state index >= 15 is 0 Å². The highest BCUT2D eigenvalue weighted by Gasteiger charge is 2.09. The third kappa shape index (κ3) is 3.27. The van der Waals surface area contributed by atoms with Crippen molar-refractivity contribution < 1.29 is 9.53 Å². The summed E-state index contributed by atoms with van der Waals surface area (Å²) >= 11 is 0. The number of anilines is 1. The minimum absolute atomic E-state index is 0.297. The van der Waals surface area contributed by atoms with E-state index in [1.807, 2.05) is 18.2 Å². The van der Waals surface area contributed by atoms with Crippen LogP contribution in [0.2, 0.25) is 0 Å². The Labute approximate surface area is 90.4 Å². The van der Waals surface area contributed by atoms with Gasteiger partial charge in [0.1, 0.15) is 0 Å². The minimum atomic E-state index is -0.297. The van der Waals surface area contributed by atoms with Gasteiger partial charge in [-0.2, -0.15) is 0 Å². The molecule has 3 nitrogen and oxygen atoms in total. The molecule has 1 aromatic rings. The molecule has 0 aromatic heterocycles. The number of rotatable bonds is 5. The fourth-order valence-corrected chi connectivity index (χ4v) is 1.33. The summed E-state index contributed by atoms with van der Waals surface area (Å²) in [4.78, 5) is 11.4. The van der Waals surface area contributed by atoms with Crippen LogP contribution in [0.15, 0.2) is 24.3 Å². The number of carbonyl (C=O) groups is 1. The lowest BCUT2D eigenvalue weighted by atomic mass is 10.1. The van der Waals surface area contributed by atoms with Crippen molar-refractivity contribution >= 4 is 11.7 Å². The highest BCUT2D eigenvalue weighted by atomic mass is 16.5. The second-order valence-electron chi connectivity index (χ2n) is 3.32. The predicted octanol–water partition coefficient (Wildman–Crippen LogP) is 2.69. The van der Waals surface area contributed by atoms with E-state index in [9.17, 15) is 4.79 Å². The SMILES string of the molecule is CCCCNc1ccccc1C(=O)OC. The first-order chi connectivity index (χ1) is 7.29. The third-order valence-corrected chi connectivity index (χ3v) is 2.18. The molecule has 0 saturated heterocycles. The molecule has 0 aliphatic rings. The summed E-state index contributed by atoms with van der Waals surface area (Å²) in [7, 11) is 1.39. The van der Waals surface area contributed by atoms with Gasteiger partial charge < -0.3 is 10.1 Å². The van der Waals surface area contributed by atoms with Crippen molar-refractivity contribution in [1.29, 1.82) is 0 Å². The van der Waals surface area contributed by atoms with Gasteiger partial charge in [-0.25, -0.2) is 4.79 Å². The topological polar surface area (TPSA) is 38.3 Å². The summed E-state index contributed by atoms with van der Waals surface area (Å²) in [5.74, 6) is -0.297. The minimum Gasteiger partial charge on any atom is -0.465 e. The number of ether oxygens (including phenoxy) is 1. The Morgan fingerprint density at radius 1 is 1.40 bits per heavy atom. The van der Waals surface area contributed by atoms with E-state index in [4.69, 9.17) is 4.74 Å². The maximum Gasteiger partial charge on any atom is 0.339 e. The number of hydrogen-bond acceptors (Lipinski definition) is 3. The molecule has 1 rings (SSSR count). The second-order valence-corrected chi connectivity index (χ2v) is 3.32. The van der Waals surface area contributed by atoms with E-state index in [0.717, 1.165) is 25.1 Å². The second kappa shape index (κ2) is 6.06. The molecule has 0 fully saturated rings. The zero-order valence-corrected chi connectivity index (χ0v) is 9.25. The summed E-state index contributed by atoms with van der Waals surface area (Å²) < 4.78 is 4.70. The number of hydrogen-bond donors (Lipinski definition) is 1. The van der Waals surface area contributed by atoms with Crippen LogP contribution in [-0.2, 0) is 4.74 Å². The van der Waals surface area contributed by atoms with Crippen molar-refractivity contribution in [2.75, 3.05) is 19.0 Å². The Hall–Kier alpha value is -1.51. The van der Waals surface area contributed by atoms with Crippen LogP contribution in [0.25, 0.3) is 0 Å². The summed E-state index contributed by atoms with van der Waals surface area (Å²) in [5, 5.41) is 3.23. The van der Waals surface area contributed by atoms with Crippen molar-refractivity contribution in [3.05, 3.63) is 29.8 Å². The summed E-state index contributed by atoms with van der Waals surface area (Å²) in [6.07, 6.45) is 2.23. The standard InChI is InChI=1S/C12H17NO2/c1-3-4-9-13-11-8-6-5-7-10(11)12(14)15-2/h5-8,13H,3-4,9H2,1-2H3. The van der Waals surface area contributed by atoms with Crippen LogP contribution in [0.3, 0.4) is 0 Å². The zero-order chi connectivity index (χ0) is 11.1. The maximum atomic E-state index is 11.4. The number of esters is 1. The molecule has 0 aliphatic heterocycles. The maximum absolute atomic E-state index is 11.4. The number of benzene rings is 1. The molecule has 0 saturated carbocycles. The Balaban J connectivity index is 2.73. The van der Waals surface area contributed by atoms with Gasteiger partial charge in [-0.3, -0.25) is 0 Å². The van der Waals surface area contributed by atoms with Gasteiger partial charge in [0.15, 0.2) is 0 Å². The highest BCUT2D eigenvalue weighted by molar-refractivity contribution is 5.95. The Morgan fingerprint density at radius 2 is 2.13 bits per heavy atom. The number of nitrogens with one attached hydrogen (secondary N) is 1. The number of unbranched alkanes of at least 4 members (excludes halogenated alkanes) is 1. The van der Waals surface area contributed by atoms with E-state index in [2.05, 4.69) is 12.2 Å². The van der Waals surface area contributed by atoms with Gasteiger partial charge in [0, 0.05) is 12.2 Å². The fourth-order valence-electron chi connectivity index (χ4n) is 1.33. The number of para-hydroxylation sites is 1. The lowest BCUT2D eigenvalue weighted by Gasteiger charge is -2.09. The lowest BCUT2D eigenvalue weighted by Crippen LogP contribution is -2.08.